The van der Waals surface area contributed by atoms with E-state index < -0.39 is 17.5 Å². The Morgan fingerprint density at radius 3 is 2.19 bits per heavy atom. The van der Waals surface area contributed by atoms with Crippen LogP contribution in [0.3, 0.4) is 0 Å². The molecule has 2 aromatic rings. The number of carbonyl (C=O) groups is 1. The second kappa shape index (κ2) is 7.77. The molecule has 0 spiro atoms. The van der Waals surface area contributed by atoms with Gasteiger partial charge in [0.2, 0.25) is 0 Å². The summed E-state index contributed by atoms with van der Waals surface area (Å²) < 4.78 is 39.4. The normalized spacial score (nSPS) is 12.4. The molecule has 0 radical (unpaired) electrons. The van der Waals surface area contributed by atoms with Crippen LogP contribution in [-0.2, 0) is 6.18 Å². The third-order valence-electron chi connectivity index (χ3n) is 3.70. The van der Waals surface area contributed by atoms with Crippen LogP contribution >= 0.6 is 0 Å². The highest BCUT2D eigenvalue weighted by Crippen LogP contribution is 2.29. The first-order valence-electron chi connectivity index (χ1n) is 8.21. The van der Waals surface area contributed by atoms with Crippen molar-refractivity contribution in [1.82, 2.24) is 14.7 Å². The Morgan fingerprint density at radius 1 is 1.11 bits per heavy atom. The zero-order chi connectivity index (χ0) is 20.4. The van der Waals surface area contributed by atoms with Crippen molar-refractivity contribution in [2.24, 2.45) is 0 Å². The van der Waals surface area contributed by atoms with E-state index in [2.05, 4.69) is 5.10 Å². The van der Waals surface area contributed by atoms with Crippen LogP contribution in [-0.4, -0.2) is 34.6 Å². The van der Waals surface area contributed by atoms with Gasteiger partial charge in [-0.15, -0.1) is 0 Å². The van der Waals surface area contributed by atoms with E-state index >= 15 is 0 Å². The first-order chi connectivity index (χ1) is 12.5. The molecule has 0 aliphatic heterocycles. The smallest absolute Gasteiger partial charge is 0.383 e. The molecule has 5 nitrogen and oxygen atoms in total. The Hall–Kier alpha value is -2.90. The molecule has 0 saturated heterocycles. The Bertz CT molecular complexity index is 911. The van der Waals surface area contributed by atoms with Crippen molar-refractivity contribution >= 4 is 11.4 Å². The molecular weight excluding hydrogens is 359 g/mol. The number of allylic oxidation sites excluding steroid dienone is 1. The van der Waals surface area contributed by atoms with E-state index in [9.17, 15) is 22.8 Å². The van der Waals surface area contributed by atoms with Gasteiger partial charge in [0.1, 0.15) is 0 Å². The first kappa shape index (κ1) is 20.4. The molecule has 0 fully saturated rings. The van der Waals surface area contributed by atoms with Crippen molar-refractivity contribution in [1.29, 1.82) is 0 Å². The number of nitrogens with zero attached hydrogens (tertiary/aromatic N) is 3. The number of carbonyl (C=O) groups excluding carboxylic acids is 1. The third kappa shape index (κ3) is 4.84. The van der Waals surface area contributed by atoms with Crippen LogP contribution in [0.1, 0.15) is 41.5 Å². The summed E-state index contributed by atoms with van der Waals surface area (Å²) in [7, 11) is 3.41. The minimum absolute atomic E-state index is 0.0974. The fourth-order valence-corrected chi connectivity index (χ4v) is 2.40. The second-order valence-corrected chi connectivity index (χ2v) is 6.51. The fourth-order valence-electron chi connectivity index (χ4n) is 2.40. The summed E-state index contributed by atoms with van der Waals surface area (Å²) in [5, 5.41) is 4.24. The van der Waals surface area contributed by atoms with Crippen LogP contribution in [0, 0.1) is 0 Å². The van der Waals surface area contributed by atoms with Crippen molar-refractivity contribution in [2.45, 2.75) is 26.1 Å². The minimum Gasteiger partial charge on any atom is -0.383 e. The van der Waals surface area contributed by atoms with Crippen LogP contribution in [0.5, 0.6) is 0 Å². The Kier molecular flexibility index (Phi) is 5.88. The second-order valence-electron chi connectivity index (χ2n) is 6.51. The molecule has 144 valence electrons. The lowest BCUT2D eigenvalue weighted by molar-refractivity contribution is -0.137. The summed E-state index contributed by atoms with van der Waals surface area (Å²) in [5.41, 5.74) is -0.597. The molecule has 0 amide bonds. The number of halogens is 3. The van der Waals surface area contributed by atoms with Crippen molar-refractivity contribution in [3.8, 4) is 0 Å². The van der Waals surface area contributed by atoms with Crippen molar-refractivity contribution in [3.63, 3.8) is 0 Å². The summed E-state index contributed by atoms with van der Waals surface area (Å²) >= 11 is 0. The fraction of sp³-hybridized carbons (Fsp3) is 0.316. The van der Waals surface area contributed by atoms with Crippen LogP contribution in [0.4, 0.5) is 13.2 Å². The summed E-state index contributed by atoms with van der Waals surface area (Å²) in [4.78, 5) is 26.4. The van der Waals surface area contributed by atoms with Gasteiger partial charge >= 0.3 is 6.18 Å². The number of aromatic nitrogens is 2. The van der Waals surface area contributed by atoms with Gasteiger partial charge in [-0.05, 0) is 32.0 Å². The number of hydrogen-bond donors (Lipinski definition) is 0. The lowest BCUT2D eigenvalue weighted by Crippen LogP contribution is -2.25. The van der Waals surface area contributed by atoms with Gasteiger partial charge < -0.3 is 4.90 Å². The number of hydrogen-bond acceptors (Lipinski definition) is 4. The number of ketones is 1. The topological polar surface area (TPSA) is 55.2 Å². The number of Topliss-reactive ketones (excluding diaryl/α,β-unsaturated/α-hetero) is 1. The quantitative estimate of drug-likeness (QED) is 0.588. The van der Waals surface area contributed by atoms with Crippen molar-refractivity contribution in [2.75, 3.05) is 14.1 Å². The monoisotopic (exact) mass is 379 g/mol. The SMILES string of the molecule is CC(C)n1nc(/C(=C/N(C)C)C(=O)c2ccc(C(F)(F)F)cc2)ccc1=O. The predicted molar refractivity (Wildman–Crippen MR) is 96.3 cm³/mol. The largest absolute Gasteiger partial charge is 0.416 e. The number of alkyl halides is 3. The highest BCUT2D eigenvalue weighted by molar-refractivity contribution is 6.28. The van der Waals surface area contributed by atoms with E-state index in [0.29, 0.717) is 0 Å². The van der Waals surface area contributed by atoms with Gasteiger partial charge in [0.05, 0.1) is 22.9 Å². The van der Waals surface area contributed by atoms with Gasteiger partial charge in [-0.3, -0.25) is 9.59 Å². The van der Waals surface area contributed by atoms with E-state index in [1.54, 1.807) is 32.8 Å². The highest BCUT2D eigenvalue weighted by atomic mass is 19.4. The minimum atomic E-state index is -4.47. The van der Waals surface area contributed by atoms with Gasteiger partial charge in [0, 0.05) is 31.9 Å². The van der Waals surface area contributed by atoms with Crippen LogP contribution in [0.15, 0.2) is 47.4 Å². The molecule has 0 unspecified atom stereocenters. The average Bonchev–Trinajstić information content (AvgIpc) is 2.58. The van der Waals surface area contributed by atoms with E-state index in [0.717, 1.165) is 24.3 Å². The van der Waals surface area contributed by atoms with E-state index in [1.165, 1.54) is 23.0 Å². The Morgan fingerprint density at radius 2 is 1.70 bits per heavy atom. The standard InChI is InChI=1S/C19H20F3N3O2/c1-12(2)25-17(26)10-9-16(23-25)15(11-24(3)4)18(27)13-5-7-14(8-6-13)19(20,21)22/h5-12H,1-4H3/b15-11-. The van der Waals surface area contributed by atoms with Gasteiger partial charge in [0.15, 0.2) is 5.78 Å². The van der Waals surface area contributed by atoms with Crippen LogP contribution < -0.4 is 5.56 Å². The molecule has 0 saturated carbocycles. The lowest BCUT2D eigenvalue weighted by Gasteiger charge is -2.14. The highest BCUT2D eigenvalue weighted by Gasteiger charge is 2.30. The van der Waals surface area contributed by atoms with Crippen molar-refractivity contribution < 1.29 is 18.0 Å². The van der Waals surface area contributed by atoms with E-state index in [1.807, 2.05) is 0 Å². The molecule has 0 N–H and O–H groups in total. The van der Waals surface area contributed by atoms with Crippen molar-refractivity contribution in [3.05, 3.63) is 69.8 Å². The maximum Gasteiger partial charge on any atom is 0.416 e. The molecule has 0 atom stereocenters. The summed E-state index contributed by atoms with van der Waals surface area (Å²) in [6.07, 6.45) is -2.95. The van der Waals surface area contributed by atoms with Crippen LogP contribution in [0.2, 0.25) is 0 Å². The molecule has 1 aromatic carbocycles. The summed E-state index contributed by atoms with van der Waals surface area (Å²) in [6.45, 7) is 3.57. The molecule has 1 heterocycles. The molecule has 0 aliphatic rings. The number of benzene rings is 1. The maximum absolute atomic E-state index is 12.9. The maximum atomic E-state index is 12.9. The molecule has 0 aliphatic carbocycles. The predicted octanol–water partition coefficient (Wildman–Crippen LogP) is 3.63. The zero-order valence-electron chi connectivity index (χ0n) is 15.4. The Labute approximate surface area is 154 Å². The summed E-state index contributed by atoms with van der Waals surface area (Å²) in [6, 6.07) is 6.52. The van der Waals surface area contributed by atoms with Gasteiger partial charge in [-0.1, -0.05) is 12.1 Å². The first-order valence-corrected chi connectivity index (χ1v) is 8.21. The molecule has 0 bridgehead atoms. The molecule has 1 aromatic heterocycles. The average molecular weight is 379 g/mol. The zero-order valence-corrected chi connectivity index (χ0v) is 15.4. The van der Waals surface area contributed by atoms with Crippen LogP contribution in [0.25, 0.3) is 5.57 Å². The van der Waals surface area contributed by atoms with E-state index in [4.69, 9.17) is 0 Å². The molecule has 27 heavy (non-hydrogen) atoms. The number of rotatable bonds is 5. The molecule has 8 heteroatoms. The third-order valence-corrected chi connectivity index (χ3v) is 3.70. The lowest BCUT2D eigenvalue weighted by atomic mass is 10.00. The Balaban J connectivity index is 2.50. The van der Waals surface area contributed by atoms with Gasteiger partial charge in [-0.25, -0.2) is 4.68 Å². The molecular formula is C19H20F3N3O2. The van der Waals surface area contributed by atoms with Gasteiger partial charge in [0.25, 0.3) is 5.56 Å². The summed E-state index contributed by atoms with van der Waals surface area (Å²) in [5.74, 6) is -0.487. The molecule has 2 rings (SSSR count). The van der Waals surface area contributed by atoms with E-state index in [-0.39, 0.29) is 28.4 Å². The van der Waals surface area contributed by atoms with Gasteiger partial charge in [-0.2, -0.15) is 18.3 Å².